The van der Waals surface area contributed by atoms with Gasteiger partial charge in [-0.15, -0.1) is 11.3 Å². The average Bonchev–Trinajstić information content (AvgIpc) is 3.68. The molecule has 0 N–H and O–H groups in total. The van der Waals surface area contributed by atoms with E-state index in [1.807, 2.05) is 53.2 Å². The van der Waals surface area contributed by atoms with Crippen LogP contribution in [0.25, 0.3) is 33.7 Å². The molecule has 0 aliphatic carbocycles. The third-order valence-electron chi connectivity index (χ3n) is 6.75. The molecule has 0 unspecified atom stereocenters. The van der Waals surface area contributed by atoms with E-state index in [1.165, 1.54) is 23.3 Å². The summed E-state index contributed by atoms with van der Waals surface area (Å²) < 4.78 is 7.85. The molecular formula is C34H26N4O3S. The number of hydrogen-bond donors (Lipinski definition) is 0. The molecule has 6 rings (SSSR count). The van der Waals surface area contributed by atoms with Crippen molar-refractivity contribution in [2.45, 2.75) is 6.42 Å². The van der Waals surface area contributed by atoms with Crippen LogP contribution in [0, 0.1) is 10.1 Å². The number of nitro groups is 1. The molecule has 7 nitrogen and oxygen atoms in total. The van der Waals surface area contributed by atoms with Crippen LogP contribution in [0.5, 0.6) is 0 Å². The zero-order valence-corrected chi connectivity index (χ0v) is 23.4. The minimum absolute atomic E-state index is 0.0359. The first-order chi connectivity index (χ1) is 20.6. The summed E-state index contributed by atoms with van der Waals surface area (Å²) in [5.74, 6) is 1.16. The lowest BCUT2D eigenvalue weighted by molar-refractivity contribution is -0.384. The Hall–Kier alpha value is -5.34. The van der Waals surface area contributed by atoms with E-state index in [1.54, 1.807) is 29.7 Å². The van der Waals surface area contributed by atoms with Crippen molar-refractivity contribution in [1.82, 2.24) is 4.68 Å². The number of hydrogen-bond acceptors (Lipinski definition) is 6. The number of rotatable bonds is 9. The predicted octanol–water partition coefficient (Wildman–Crippen LogP) is 8.08. The number of non-ortho nitro benzene ring substituents is 1. The fourth-order valence-corrected chi connectivity index (χ4v) is 5.41. The van der Waals surface area contributed by atoms with Gasteiger partial charge in [0.05, 0.1) is 16.8 Å². The molecule has 2 heterocycles. The lowest BCUT2D eigenvalue weighted by Crippen LogP contribution is -2.13. The molecule has 8 heteroatoms. The SMILES string of the molecule is O=[N+]([O-])c1ccc(-c2ccc(/C=N/n3c(-c4ccc(-c5ccccc5)cc4)csc3=NCCc3ccccc3)o2)cc1. The van der Waals surface area contributed by atoms with E-state index in [0.29, 0.717) is 18.1 Å². The number of furan rings is 1. The van der Waals surface area contributed by atoms with Crippen LogP contribution in [0.3, 0.4) is 0 Å². The minimum atomic E-state index is -0.419. The van der Waals surface area contributed by atoms with Crippen molar-refractivity contribution < 1.29 is 9.34 Å². The van der Waals surface area contributed by atoms with Gasteiger partial charge < -0.3 is 4.42 Å². The summed E-state index contributed by atoms with van der Waals surface area (Å²) in [6.07, 6.45) is 2.50. The summed E-state index contributed by atoms with van der Waals surface area (Å²) >= 11 is 1.54. The molecule has 0 spiro atoms. The van der Waals surface area contributed by atoms with Crippen molar-refractivity contribution in [3.63, 3.8) is 0 Å². The topological polar surface area (TPSA) is 85.9 Å². The Kier molecular flexibility index (Phi) is 7.96. The van der Waals surface area contributed by atoms with Gasteiger partial charge >= 0.3 is 0 Å². The van der Waals surface area contributed by atoms with E-state index in [2.05, 4.69) is 53.9 Å². The molecule has 4 aromatic carbocycles. The Bertz CT molecular complexity index is 1890. The van der Waals surface area contributed by atoms with Crippen LogP contribution < -0.4 is 4.80 Å². The molecule has 0 amide bonds. The van der Waals surface area contributed by atoms with E-state index < -0.39 is 4.92 Å². The molecule has 42 heavy (non-hydrogen) atoms. The maximum atomic E-state index is 11.0. The third-order valence-corrected chi connectivity index (χ3v) is 7.61. The first-order valence-electron chi connectivity index (χ1n) is 13.4. The van der Waals surface area contributed by atoms with E-state index >= 15 is 0 Å². The largest absolute Gasteiger partial charge is 0.455 e. The van der Waals surface area contributed by atoms with Crippen molar-refractivity contribution >= 4 is 23.2 Å². The highest BCUT2D eigenvalue weighted by Gasteiger charge is 2.10. The van der Waals surface area contributed by atoms with Crippen molar-refractivity contribution in [1.29, 1.82) is 0 Å². The second kappa shape index (κ2) is 12.4. The monoisotopic (exact) mass is 570 g/mol. The number of aromatic nitrogens is 1. The summed E-state index contributed by atoms with van der Waals surface area (Å²) in [7, 11) is 0. The molecular weight excluding hydrogens is 544 g/mol. The van der Waals surface area contributed by atoms with E-state index in [9.17, 15) is 10.1 Å². The fraction of sp³-hybridized carbons (Fsp3) is 0.0588. The van der Waals surface area contributed by atoms with Gasteiger partial charge in [0.25, 0.3) is 5.69 Å². The Labute approximate surface area is 246 Å². The maximum Gasteiger partial charge on any atom is 0.269 e. The maximum absolute atomic E-state index is 11.0. The average molecular weight is 571 g/mol. The molecule has 0 aliphatic heterocycles. The fourth-order valence-electron chi connectivity index (χ4n) is 4.55. The van der Waals surface area contributed by atoms with Gasteiger partial charge in [-0.25, -0.2) is 4.68 Å². The van der Waals surface area contributed by atoms with Crippen molar-refractivity contribution in [2.24, 2.45) is 10.1 Å². The van der Waals surface area contributed by atoms with Gasteiger partial charge in [-0.2, -0.15) is 5.10 Å². The molecule has 0 fully saturated rings. The molecule has 0 bridgehead atoms. The van der Waals surface area contributed by atoms with Gasteiger partial charge in [0.2, 0.25) is 4.80 Å². The van der Waals surface area contributed by atoms with Gasteiger partial charge in [-0.3, -0.25) is 15.1 Å². The van der Waals surface area contributed by atoms with E-state index in [-0.39, 0.29) is 5.69 Å². The first-order valence-corrected chi connectivity index (χ1v) is 14.3. The van der Waals surface area contributed by atoms with Gasteiger partial charge in [0, 0.05) is 35.2 Å². The predicted molar refractivity (Wildman–Crippen MR) is 168 cm³/mol. The first kappa shape index (κ1) is 26.9. The Morgan fingerprint density at radius 1 is 0.762 bits per heavy atom. The highest BCUT2D eigenvalue weighted by molar-refractivity contribution is 7.07. The smallest absolute Gasteiger partial charge is 0.269 e. The summed E-state index contributed by atoms with van der Waals surface area (Å²) in [4.78, 5) is 16.2. The Morgan fingerprint density at radius 2 is 1.40 bits per heavy atom. The number of nitro benzene ring substituents is 1. The van der Waals surface area contributed by atoms with Crippen LogP contribution in [0.15, 0.2) is 141 Å². The normalized spacial score (nSPS) is 11.8. The third kappa shape index (κ3) is 6.19. The second-order valence-corrected chi connectivity index (χ2v) is 10.4. The Morgan fingerprint density at radius 3 is 2.12 bits per heavy atom. The summed E-state index contributed by atoms with van der Waals surface area (Å²) in [5, 5.41) is 17.8. The number of nitrogens with zero attached hydrogens (tertiary/aromatic N) is 4. The van der Waals surface area contributed by atoms with Crippen LogP contribution in [-0.2, 0) is 6.42 Å². The minimum Gasteiger partial charge on any atom is -0.455 e. The standard InChI is InChI=1S/C34H26N4O3S/c39-38(40)30-17-15-29(16-18-30)33-20-19-31(41-33)23-36-37-32(24-42-34(37)35-22-21-25-7-3-1-4-8-25)28-13-11-27(12-14-28)26-9-5-2-6-10-26/h1-20,23-24H,21-22H2/b35-34?,36-23+. The molecule has 0 saturated carbocycles. The van der Waals surface area contributed by atoms with Crippen molar-refractivity contribution in [3.8, 4) is 33.7 Å². The highest BCUT2D eigenvalue weighted by atomic mass is 32.1. The number of thiazole rings is 1. The highest BCUT2D eigenvalue weighted by Crippen LogP contribution is 2.26. The molecule has 0 atom stereocenters. The quantitative estimate of drug-likeness (QED) is 0.100. The lowest BCUT2D eigenvalue weighted by Gasteiger charge is -2.06. The lowest BCUT2D eigenvalue weighted by atomic mass is 10.0. The van der Waals surface area contributed by atoms with Gasteiger partial charge in [0.1, 0.15) is 11.5 Å². The molecule has 6 aromatic rings. The molecule has 0 aliphatic rings. The van der Waals surface area contributed by atoms with Crippen molar-refractivity contribution in [2.75, 3.05) is 6.54 Å². The summed E-state index contributed by atoms with van der Waals surface area (Å²) in [6.45, 7) is 0.636. The van der Waals surface area contributed by atoms with Crippen LogP contribution in [0.2, 0.25) is 0 Å². The van der Waals surface area contributed by atoms with Crippen molar-refractivity contribution in [3.05, 3.63) is 153 Å². The number of benzene rings is 4. The van der Waals surface area contributed by atoms with E-state index in [4.69, 9.17) is 14.5 Å². The summed E-state index contributed by atoms with van der Waals surface area (Å²) in [5.41, 5.74) is 6.28. The molecule has 0 radical (unpaired) electrons. The van der Waals surface area contributed by atoms with Crippen LogP contribution >= 0.6 is 11.3 Å². The zero-order chi connectivity index (χ0) is 28.7. The molecule has 2 aromatic heterocycles. The zero-order valence-electron chi connectivity index (χ0n) is 22.5. The molecule has 206 valence electrons. The second-order valence-electron chi connectivity index (χ2n) is 9.53. The molecule has 0 saturated heterocycles. The van der Waals surface area contributed by atoms with E-state index in [0.717, 1.165) is 33.6 Å². The Balaban J connectivity index is 1.30. The van der Waals surface area contributed by atoms with Crippen LogP contribution in [-0.4, -0.2) is 22.4 Å². The van der Waals surface area contributed by atoms with Crippen LogP contribution in [0.4, 0.5) is 5.69 Å². The van der Waals surface area contributed by atoms with Gasteiger partial charge in [0.15, 0.2) is 0 Å². The van der Waals surface area contributed by atoms with Gasteiger partial charge in [-0.1, -0.05) is 84.9 Å². The van der Waals surface area contributed by atoms with Crippen LogP contribution in [0.1, 0.15) is 11.3 Å². The summed E-state index contributed by atoms with van der Waals surface area (Å²) in [6, 6.07) is 39.0. The van der Waals surface area contributed by atoms with Gasteiger partial charge in [-0.05, 0) is 47.4 Å².